The summed E-state index contributed by atoms with van der Waals surface area (Å²) in [5, 5.41) is 2.34. The number of urea groups is 1. The van der Waals surface area contributed by atoms with Gasteiger partial charge in [0.05, 0.1) is 22.0 Å². The molecule has 0 spiro atoms. The highest BCUT2D eigenvalue weighted by Gasteiger charge is 2.26. The summed E-state index contributed by atoms with van der Waals surface area (Å²) < 4.78 is 0. The van der Waals surface area contributed by atoms with E-state index in [1.54, 1.807) is 0 Å². The molecule has 2 rings (SSSR count). The van der Waals surface area contributed by atoms with E-state index in [4.69, 9.17) is 5.73 Å². The highest BCUT2D eigenvalue weighted by Crippen LogP contribution is 2.29. The van der Waals surface area contributed by atoms with Crippen molar-refractivity contribution < 1.29 is 9.59 Å². The van der Waals surface area contributed by atoms with E-state index >= 15 is 0 Å². The summed E-state index contributed by atoms with van der Waals surface area (Å²) in [5.74, 6) is -0.404. The summed E-state index contributed by atoms with van der Waals surface area (Å²) in [7, 11) is 0. The van der Waals surface area contributed by atoms with Crippen molar-refractivity contribution in [3.63, 3.8) is 0 Å². The van der Waals surface area contributed by atoms with E-state index in [0.29, 0.717) is 5.03 Å². The predicted molar refractivity (Wildman–Crippen MR) is 86.5 cm³/mol. The number of nitrogens with zero attached hydrogens (tertiary/aromatic N) is 2. The molecule has 1 heterocycles. The molecular weight excluding hydrogens is 300 g/mol. The molecule has 0 fully saturated rings. The monoisotopic (exact) mass is 318 g/mol. The molecule has 0 aliphatic rings. The molecule has 116 valence electrons. The van der Waals surface area contributed by atoms with E-state index in [1.165, 1.54) is 11.8 Å². The Morgan fingerprint density at radius 2 is 1.77 bits per heavy atom. The lowest BCUT2D eigenvalue weighted by Crippen LogP contribution is -2.42. The van der Waals surface area contributed by atoms with Crippen molar-refractivity contribution >= 4 is 34.7 Å². The number of nitrogens with one attached hydrogen (secondary N) is 1. The van der Waals surface area contributed by atoms with Gasteiger partial charge in [-0.1, -0.05) is 37.7 Å². The molecule has 3 N–H and O–H groups in total. The fourth-order valence-electron chi connectivity index (χ4n) is 1.99. The van der Waals surface area contributed by atoms with Crippen LogP contribution >= 0.6 is 11.8 Å². The van der Waals surface area contributed by atoms with Gasteiger partial charge in [0.25, 0.3) is 0 Å². The minimum Gasteiger partial charge on any atom is -0.351 e. The number of aromatic nitrogens is 2. The first-order chi connectivity index (χ1) is 10.4. The molecule has 0 aliphatic heterocycles. The zero-order valence-electron chi connectivity index (χ0n) is 12.7. The summed E-state index contributed by atoms with van der Waals surface area (Å²) >= 11 is 1.29. The molecule has 1 atom stereocenters. The predicted octanol–water partition coefficient (Wildman–Crippen LogP) is 2.25. The Bertz CT molecular complexity index is 718. The molecule has 6 nitrogen and oxygen atoms in total. The second kappa shape index (κ2) is 6.74. The number of carbonyl (C=O) groups excluding carboxylic acids is 2. The first-order valence-electron chi connectivity index (χ1n) is 6.89. The van der Waals surface area contributed by atoms with Gasteiger partial charge in [0, 0.05) is 0 Å². The molecule has 0 unspecified atom stereocenters. The van der Waals surface area contributed by atoms with Gasteiger partial charge in [0.15, 0.2) is 0 Å². The first kappa shape index (κ1) is 16.2. The SMILES string of the molecule is Cc1nc2ccccc2nc1S[C@@H](C(=O)NC(N)=O)C(C)C. The van der Waals surface area contributed by atoms with Gasteiger partial charge in [-0.05, 0) is 25.0 Å². The number of amides is 3. The number of benzene rings is 1. The summed E-state index contributed by atoms with van der Waals surface area (Å²) in [6, 6.07) is 6.71. The average molecular weight is 318 g/mol. The quantitative estimate of drug-likeness (QED) is 0.843. The van der Waals surface area contributed by atoms with Crippen LogP contribution in [0, 0.1) is 12.8 Å². The number of imide groups is 1. The van der Waals surface area contributed by atoms with Crippen LogP contribution in [0.2, 0.25) is 0 Å². The van der Waals surface area contributed by atoms with E-state index < -0.39 is 17.2 Å². The third-order valence-corrected chi connectivity index (χ3v) is 4.67. The third-order valence-electron chi connectivity index (χ3n) is 3.05. The smallest absolute Gasteiger partial charge is 0.318 e. The molecule has 0 aliphatic carbocycles. The molecule has 1 aromatic heterocycles. The second-order valence-electron chi connectivity index (χ2n) is 5.24. The summed E-state index contributed by atoms with van der Waals surface area (Å²) in [4.78, 5) is 32.0. The lowest BCUT2D eigenvalue weighted by molar-refractivity contribution is -0.120. The van der Waals surface area contributed by atoms with E-state index in [9.17, 15) is 9.59 Å². The number of rotatable bonds is 4. The number of nitrogens with two attached hydrogens (primary N) is 1. The molecule has 3 amide bonds. The number of aryl methyl sites for hydroxylation is 1. The van der Waals surface area contributed by atoms with Crippen LogP contribution in [0.15, 0.2) is 29.3 Å². The molecule has 0 radical (unpaired) electrons. The molecule has 0 bridgehead atoms. The van der Waals surface area contributed by atoms with E-state index in [1.807, 2.05) is 45.0 Å². The fraction of sp³-hybridized carbons (Fsp3) is 0.333. The lowest BCUT2D eigenvalue weighted by atomic mass is 10.1. The maximum Gasteiger partial charge on any atom is 0.318 e. The van der Waals surface area contributed by atoms with Crippen LogP contribution in [0.1, 0.15) is 19.5 Å². The molecule has 0 saturated carbocycles. The van der Waals surface area contributed by atoms with Gasteiger partial charge >= 0.3 is 6.03 Å². The van der Waals surface area contributed by atoms with Crippen molar-refractivity contribution in [2.24, 2.45) is 11.7 Å². The first-order valence-corrected chi connectivity index (χ1v) is 7.76. The zero-order valence-corrected chi connectivity index (χ0v) is 13.5. The number of fused-ring (bicyclic) bond motifs is 1. The minimum atomic E-state index is -0.849. The Hall–Kier alpha value is -2.15. The van der Waals surface area contributed by atoms with Crippen molar-refractivity contribution in [1.29, 1.82) is 0 Å². The number of carbonyl (C=O) groups is 2. The topological polar surface area (TPSA) is 98.0 Å². The van der Waals surface area contributed by atoms with E-state index in [0.717, 1.165) is 16.7 Å². The minimum absolute atomic E-state index is 0.0111. The highest BCUT2D eigenvalue weighted by atomic mass is 32.2. The van der Waals surface area contributed by atoms with Crippen LogP contribution in [0.4, 0.5) is 4.79 Å². The van der Waals surface area contributed by atoms with Crippen molar-refractivity contribution in [1.82, 2.24) is 15.3 Å². The molecule has 1 aromatic carbocycles. The van der Waals surface area contributed by atoms with Gasteiger partial charge in [-0.15, -0.1) is 0 Å². The van der Waals surface area contributed by atoms with Crippen molar-refractivity contribution in [3.05, 3.63) is 30.0 Å². The largest absolute Gasteiger partial charge is 0.351 e. The normalized spacial score (nSPS) is 12.4. The van der Waals surface area contributed by atoms with Gasteiger partial charge in [0.1, 0.15) is 5.03 Å². The fourth-order valence-corrected chi connectivity index (χ4v) is 3.03. The van der Waals surface area contributed by atoms with Crippen LogP contribution < -0.4 is 11.1 Å². The standard InChI is InChI=1S/C15H18N4O2S/c1-8(2)12(13(20)19-15(16)21)22-14-9(3)17-10-6-4-5-7-11(10)18-14/h4-8,12H,1-3H3,(H3,16,19,20,21)/t12-/m1/s1. The van der Waals surface area contributed by atoms with Crippen LogP contribution in [-0.2, 0) is 4.79 Å². The average Bonchev–Trinajstić information content (AvgIpc) is 2.43. The van der Waals surface area contributed by atoms with Gasteiger partial charge in [-0.25, -0.2) is 14.8 Å². The number of thioether (sulfide) groups is 1. The number of para-hydroxylation sites is 2. The number of hydrogen-bond donors (Lipinski definition) is 2. The Kier molecular flexibility index (Phi) is 4.97. The number of primary amides is 1. The van der Waals surface area contributed by atoms with Crippen LogP contribution in [-0.4, -0.2) is 27.2 Å². The Labute approximate surface area is 132 Å². The van der Waals surface area contributed by atoms with E-state index in [2.05, 4.69) is 15.3 Å². The maximum atomic E-state index is 12.1. The summed E-state index contributed by atoms with van der Waals surface area (Å²) in [5.41, 5.74) is 7.36. The maximum absolute atomic E-state index is 12.1. The molecule has 2 aromatic rings. The highest BCUT2D eigenvalue weighted by molar-refractivity contribution is 8.00. The molecule has 0 saturated heterocycles. The van der Waals surface area contributed by atoms with Gasteiger partial charge in [-0.2, -0.15) is 0 Å². The molecule has 22 heavy (non-hydrogen) atoms. The lowest BCUT2D eigenvalue weighted by Gasteiger charge is -2.19. The Balaban J connectivity index is 2.31. The van der Waals surface area contributed by atoms with Crippen molar-refractivity contribution in [2.75, 3.05) is 0 Å². The van der Waals surface area contributed by atoms with Crippen LogP contribution in [0.3, 0.4) is 0 Å². The third kappa shape index (κ3) is 3.73. The number of hydrogen-bond acceptors (Lipinski definition) is 5. The van der Waals surface area contributed by atoms with Gasteiger partial charge in [-0.3, -0.25) is 10.1 Å². The summed E-state index contributed by atoms with van der Waals surface area (Å²) in [6.45, 7) is 5.66. The van der Waals surface area contributed by atoms with Crippen molar-refractivity contribution in [3.8, 4) is 0 Å². The Morgan fingerprint density at radius 3 is 2.32 bits per heavy atom. The van der Waals surface area contributed by atoms with Crippen LogP contribution in [0.5, 0.6) is 0 Å². The zero-order chi connectivity index (χ0) is 16.3. The molecular formula is C15H18N4O2S. The van der Waals surface area contributed by atoms with Gasteiger partial charge in [0.2, 0.25) is 5.91 Å². The second-order valence-corrected chi connectivity index (χ2v) is 6.37. The molecule has 7 heteroatoms. The Morgan fingerprint density at radius 1 is 1.18 bits per heavy atom. The van der Waals surface area contributed by atoms with E-state index in [-0.39, 0.29) is 5.92 Å². The van der Waals surface area contributed by atoms with Crippen molar-refractivity contribution in [2.45, 2.75) is 31.0 Å². The van der Waals surface area contributed by atoms with Crippen LogP contribution in [0.25, 0.3) is 11.0 Å². The van der Waals surface area contributed by atoms with Gasteiger partial charge < -0.3 is 5.73 Å². The summed E-state index contributed by atoms with van der Waals surface area (Å²) in [6.07, 6.45) is 0.